The Bertz CT molecular complexity index is 405. The van der Waals surface area contributed by atoms with E-state index >= 15 is 0 Å². The van der Waals surface area contributed by atoms with Gasteiger partial charge in [-0.05, 0) is 18.9 Å². The van der Waals surface area contributed by atoms with Crippen molar-refractivity contribution in [3.8, 4) is 5.75 Å². The summed E-state index contributed by atoms with van der Waals surface area (Å²) in [6, 6.07) is 7.67. The molecule has 0 atom stereocenters. The minimum absolute atomic E-state index is 0.249. The highest BCUT2D eigenvalue weighted by Crippen LogP contribution is 2.41. The van der Waals surface area contributed by atoms with Crippen LogP contribution in [0.4, 0.5) is 0 Å². The van der Waals surface area contributed by atoms with Crippen LogP contribution in [0.5, 0.6) is 5.75 Å². The van der Waals surface area contributed by atoms with Gasteiger partial charge in [-0.25, -0.2) is 0 Å². The van der Waals surface area contributed by atoms with E-state index in [0.29, 0.717) is 13.0 Å². The summed E-state index contributed by atoms with van der Waals surface area (Å²) in [4.78, 5) is 12.3. The van der Waals surface area contributed by atoms with Gasteiger partial charge in [0.05, 0.1) is 7.11 Å². The molecule has 1 aromatic carbocycles. The highest BCUT2D eigenvalue weighted by atomic mass is 16.5. The highest BCUT2D eigenvalue weighted by molar-refractivity contribution is 5.88. The molecule has 2 rings (SSSR count). The fourth-order valence-corrected chi connectivity index (χ4v) is 2.41. The molecule has 0 aromatic heterocycles. The fourth-order valence-electron chi connectivity index (χ4n) is 2.41. The van der Waals surface area contributed by atoms with Gasteiger partial charge in [0.15, 0.2) is 0 Å². The summed E-state index contributed by atoms with van der Waals surface area (Å²) in [6.07, 6.45) is 3.44. The van der Waals surface area contributed by atoms with Gasteiger partial charge in [0, 0.05) is 23.9 Å². The van der Waals surface area contributed by atoms with Crippen molar-refractivity contribution in [2.24, 2.45) is 11.1 Å². The Hall–Kier alpha value is -1.35. The largest absolute Gasteiger partial charge is 0.496 e. The first-order valence-electron chi connectivity index (χ1n) is 6.07. The summed E-state index contributed by atoms with van der Waals surface area (Å²) in [5, 5.41) is 0. The molecule has 2 N–H and O–H groups in total. The fraction of sp³-hybridized carbons (Fsp3) is 0.500. The molecule has 3 nitrogen and oxygen atoms in total. The monoisotopic (exact) mass is 233 g/mol. The van der Waals surface area contributed by atoms with Crippen LogP contribution in [0.1, 0.15) is 24.8 Å². The van der Waals surface area contributed by atoms with Gasteiger partial charge >= 0.3 is 0 Å². The van der Waals surface area contributed by atoms with Gasteiger partial charge in [0.2, 0.25) is 0 Å². The van der Waals surface area contributed by atoms with Crippen LogP contribution in [0.15, 0.2) is 24.3 Å². The van der Waals surface area contributed by atoms with Gasteiger partial charge in [-0.2, -0.15) is 0 Å². The molecule has 92 valence electrons. The number of para-hydroxylation sites is 1. The number of hydrogen-bond donors (Lipinski definition) is 1. The number of benzene rings is 1. The number of rotatable bonds is 5. The van der Waals surface area contributed by atoms with E-state index in [4.69, 9.17) is 10.5 Å². The van der Waals surface area contributed by atoms with Crippen molar-refractivity contribution in [2.75, 3.05) is 13.7 Å². The molecule has 0 amide bonds. The van der Waals surface area contributed by atoms with E-state index in [-0.39, 0.29) is 11.2 Å². The Balaban J connectivity index is 2.12. The molecule has 0 unspecified atom stereocenters. The van der Waals surface area contributed by atoms with Crippen molar-refractivity contribution in [1.29, 1.82) is 0 Å². The zero-order valence-electron chi connectivity index (χ0n) is 10.2. The number of Topliss-reactive ketones (excluding diaryl/α,β-unsaturated/α-hetero) is 1. The number of carbonyl (C=O) groups is 1. The van der Waals surface area contributed by atoms with E-state index in [1.165, 1.54) is 0 Å². The average Bonchev–Trinajstić information content (AvgIpc) is 2.29. The van der Waals surface area contributed by atoms with Gasteiger partial charge < -0.3 is 10.5 Å². The van der Waals surface area contributed by atoms with Gasteiger partial charge in [0.25, 0.3) is 0 Å². The molecule has 1 fully saturated rings. The molecule has 1 aliphatic carbocycles. The molecule has 0 heterocycles. The first-order valence-corrected chi connectivity index (χ1v) is 6.07. The topological polar surface area (TPSA) is 52.3 Å². The van der Waals surface area contributed by atoms with Gasteiger partial charge in [0.1, 0.15) is 11.5 Å². The van der Waals surface area contributed by atoms with Crippen LogP contribution >= 0.6 is 0 Å². The molecule has 1 saturated carbocycles. The normalized spacial score (nSPS) is 17.3. The Morgan fingerprint density at radius 1 is 1.41 bits per heavy atom. The van der Waals surface area contributed by atoms with Gasteiger partial charge in [-0.3, -0.25) is 4.79 Å². The summed E-state index contributed by atoms with van der Waals surface area (Å²) < 4.78 is 5.26. The average molecular weight is 233 g/mol. The standard InChI is InChI=1S/C14H19NO2/c1-17-12-6-3-2-5-11(12)9-13(16)14(10-15)7-4-8-14/h2-3,5-6H,4,7-10,15H2,1H3. The van der Waals surface area contributed by atoms with Crippen LogP contribution in [-0.4, -0.2) is 19.4 Å². The smallest absolute Gasteiger partial charge is 0.144 e. The number of ketones is 1. The van der Waals surface area contributed by atoms with Crippen molar-refractivity contribution >= 4 is 5.78 Å². The predicted molar refractivity (Wildman–Crippen MR) is 67.0 cm³/mol. The minimum Gasteiger partial charge on any atom is -0.496 e. The predicted octanol–water partition coefficient (Wildman–Crippen LogP) is 1.94. The lowest BCUT2D eigenvalue weighted by molar-refractivity contribution is -0.132. The number of methoxy groups -OCH3 is 1. The zero-order valence-corrected chi connectivity index (χ0v) is 10.2. The van der Waals surface area contributed by atoms with Gasteiger partial charge in [-0.15, -0.1) is 0 Å². The maximum atomic E-state index is 12.3. The van der Waals surface area contributed by atoms with Crippen LogP contribution in [0.3, 0.4) is 0 Å². The lowest BCUT2D eigenvalue weighted by Gasteiger charge is -2.39. The van der Waals surface area contributed by atoms with Crippen molar-refractivity contribution in [2.45, 2.75) is 25.7 Å². The third kappa shape index (κ3) is 2.20. The van der Waals surface area contributed by atoms with Crippen LogP contribution in [-0.2, 0) is 11.2 Å². The maximum absolute atomic E-state index is 12.3. The molecule has 0 bridgehead atoms. The van der Waals surface area contributed by atoms with E-state index in [1.807, 2.05) is 24.3 Å². The molecule has 17 heavy (non-hydrogen) atoms. The Morgan fingerprint density at radius 2 is 2.12 bits per heavy atom. The number of hydrogen-bond acceptors (Lipinski definition) is 3. The lowest BCUT2D eigenvalue weighted by atomic mass is 9.65. The summed E-state index contributed by atoms with van der Waals surface area (Å²) >= 11 is 0. The number of nitrogens with two attached hydrogens (primary N) is 1. The summed E-state index contributed by atoms with van der Waals surface area (Å²) in [5.74, 6) is 1.04. The van der Waals surface area contributed by atoms with E-state index < -0.39 is 0 Å². The third-order valence-corrected chi connectivity index (χ3v) is 3.84. The SMILES string of the molecule is COc1ccccc1CC(=O)C1(CN)CCC1. The molecule has 0 saturated heterocycles. The zero-order chi connectivity index (χ0) is 12.3. The van der Waals surface area contributed by atoms with Gasteiger partial charge in [-0.1, -0.05) is 24.6 Å². The van der Waals surface area contributed by atoms with Crippen LogP contribution in [0, 0.1) is 5.41 Å². The molecule has 0 spiro atoms. The second-order valence-corrected chi connectivity index (χ2v) is 4.75. The van der Waals surface area contributed by atoms with Crippen LogP contribution < -0.4 is 10.5 Å². The molecule has 1 aromatic rings. The summed E-state index contributed by atoms with van der Waals surface area (Å²) in [6.45, 7) is 0.473. The lowest BCUT2D eigenvalue weighted by Crippen LogP contribution is -2.45. The number of carbonyl (C=O) groups excluding carboxylic acids is 1. The highest BCUT2D eigenvalue weighted by Gasteiger charge is 2.42. The van der Waals surface area contributed by atoms with E-state index in [0.717, 1.165) is 30.6 Å². The first-order chi connectivity index (χ1) is 8.22. The van der Waals surface area contributed by atoms with Crippen LogP contribution in [0.2, 0.25) is 0 Å². The minimum atomic E-state index is -0.249. The Labute approximate surface area is 102 Å². The van der Waals surface area contributed by atoms with Crippen LogP contribution in [0.25, 0.3) is 0 Å². The summed E-state index contributed by atoms with van der Waals surface area (Å²) in [7, 11) is 1.63. The molecule has 0 aliphatic heterocycles. The van der Waals surface area contributed by atoms with Crippen molar-refractivity contribution in [3.05, 3.63) is 29.8 Å². The van der Waals surface area contributed by atoms with E-state index in [2.05, 4.69) is 0 Å². The molecule has 1 aliphatic rings. The summed E-state index contributed by atoms with van der Waals surface area (Å²) in [5.41, 5.74) is 6.45. The van der Waals surface area contributed by atoms with Crippen molar-refractivity contribution < 1.29 is 9.53 Å². The Morgan fingerprint density at radius 3 is 2.65 bits per heavy atom. The number of ether oxygens (including phenoxy) is 1. The molecule has 0 radical (unpaired) electrons. The third-order valence-electron chi connectivity index (χ3n) is 3.84. The quantitative estimate of drug-likeness (QED) is 0.845. The molecule has 3 heteroatoms. The Kier molecular flexibility index (Phi) is 3.48. The van der Waals surface area contributed by atoms with E-state index in [9.17, 15) is 4.79 Å². The first kappa shape index (κ1) is 12.1. The maximum Gasteiger partial charge on any atom is 0.144 e. The molecular weight excluding hydrogens is 214 g/mol. The second kappa shape index (κ2) is 4.88. The van der Waals surface area contributed by atoms with E-state index in [1.54, 1.807) is 7.11 Å². The van der Waals surface area contributed by atoms with Crippen molar-refractivity contribution in [1.82, 2.24) is 0 Å². The van der Waals surface area contributed by atoms with Crippen molar-refractivity contribution in [3.63, 3.8) is 0 Å². The second-order valence-electron chi connectivity index (χ2n) is 4.75. The molecular formula is C14H19NO2.